The molecule has 2 aliphatic rings. The molecule has 1 fully saturated rings. The summed E-state index contributed by atoms with van der Waals surface area (Å²) in [5.41, 5.74) is 1.63. The van der Waals surface area contributed by atoms with Gasteiger partial charge < -0.3 is 10.1 Å². The van der Waals surface area contributed by atoms with Crippen LogP contribution in [-0.2, 0) is 17.6 Å². The largest absolute Gasteiger partial charge is 0.381 e. The van der Waals surface area contributed by atoms with E-state index in [-0.39, 0.29) is 0 Å². The molecule has 0 radical (unpaired) electrons. The predicted octanol–water partition coefficient (Wildman–Crippen LogP) is 3.70. The zero-order chi connectivity index (χ0) is 13.1. The van der Waals surface area contributed by atoms with E-state index in [2.05, 4.69) is 29.6 Å². The molecule has 19 heavy (non-hydrogen) atoms. The molecule has 1 aliphatic heterocycles. The zero-order valence-corrected chi connectivity index (χ0v) is 12.7. The van der Waals surface area contributed by atoms with Gasteiger partial charge in [0.1, 0.15) is 0 Å². The summed E-state index contributed by atoms with van der Waals surface area (Å²) < 4.78 is 5.48. The number of hydrogen-bond donors (Lipinski definition) is 1. The molecule has 2 nitrogen and oxygen atoms in total. The molecule has 1 aliphatic carbocycles. The van der Waals surface area contributed by atoms with Crippen LogP contribution in [0.25, 0.3) is 0 Å². The van der Waals surface area contributed by atoms with E-state index in [0.717, 1.165) is 25.7 Å². The first-order chi connectivity index (χ1) is 9.36. The second-order valence-corrected chi connectivity index (χ2v) is 7.02. The van der Waals surface area contributed by atoms with Gasteiger partial charge in [0, 0.05) is 29.0 Å². The lowest BCUT2D eigenvalue weighted by Gasteiger charge is -2.26. The fourth-order valence-corrected chi connectivity index (χ4v) is 4.73. The van der Waals surface area contributed by atoms with Crippen molar-refractivity contribution in [1.29, 1.82) is 0 Å². The summed E-state index contributed by atoms with van der Waals surface area (Å²) >= 11 is 2.06. The van der Waals surface area contributed by atoms with E-state index in [4.69, 9.17) is 4.74 Å². The quantitative estimate of drug-likeness (QED) is 0.887. The third kappa shape index (κ3) is 3.21. The van der Waals surface area contributed by atoms with Crippen LogP contribution in [0.5, 0.6) is 0 Å². The highest BCUT2D eigenvalue weighted by Gasteiger charge is 2.23. The summed E-state index contributed by atoms with van der Waals surface area (Å²) in [4.78, 5) is 3.24. The highest BCUT2D eigenvalue weighted by atomic mass is 32.1. The van der Waals surface area contributed by atoms with Gasteiger partial charge in [-0.25, -0.2) is 0 Å². The number of aryl methyl sites for hydroxylation is 2. The number of thiophene rings is 1. The maximum Gasteiger partial charge on any atom is 0.0468 e. The second-order valence-electron chi connectivity index (χ2n) is 5.85. The minimum Gasteiger partial charge on any atom is -0.381 e. The van der Waals surface area contributed by atoms with Crippen molar-refractivity contribution >= 4 is 11.3 Å². The topological polar surface area (TPSA) is 21.3 Å². The number of nitrogens with one attached hydrogen (secondary N) is 1. The first-order valence-corrected chi connectivity index (χ1v) is 8.61. The van der Waals surface area contributed by atoms with Gasteiger partial charge in [-0.05, 0) is 62.6 Å². The van der Waals surface area contributed by atoms with Gasteiger partial charge in [0.05, 0.1) is 0 Å². The summed E-state index contributed by atoms with van der Waals surface area (Å²) in [6.45, 7) is 5.21. The second kappa shape index (κ2) is 6.38. The van der Waals surface area contributed by atoms with Gasteiger partial charge in [0.2, 0.25) is 0 Å². The summed E-state index contributed by atoms with van der Waals surface area (Å²) in [7, 11) is 0. The van der Waals surface area contributed by atoms with Crippen molar-refractivity contribution in [3.63, 3.8) is 0 Å². The maximum absolute atomic E-state index is 5.48. The molecule has 1 aromatic heterocycles. The van der Waals surface area contributed by atoms with E-state index in [1.165, 1.54) is 38.5 Å². The molecule has 0 spiro atoms. The average Bonchev–Trinajstić information content (AvgIpc) is 3.00. The minimum atomic E-state index is 0.573. The van der Waals surface area contributed by atoms with Gasteiger partial charge in [-0.1, -0.05) is 6.92 Å². The minimum absolute atomic E-state index is 0.573. The molecule has 0 saturated carbocycles. The van der Waals surface area contributed by atoms with Crippen molar-refractivity contribution in [3.8, 4) is 0 Å². The molecule has 1 atom stereocenters. The Bertz CT molecular complexity index is 387. The van der Waals surface area contributed by atoms with Gasteiger partial charge in [-0.2, -0.15) is 0 Å². The van der Waals surface area contributed by atoms with Crippen LogP contribution in [0.4, 0.5) is 0 Å². The molecular formula is C16H25NOS. The highest BCUT2D eigenvalue weighted by Crippen LogP contribution is 2.37. The van der Waals surface area contributed by atoms with Crippen molar-refractivity contribution in [2.75, 3.05) is 19.8 Å². The molecule has 2 heterocycles. The van der Waals surface area contributed by atoms with E-state index < -0.39 is 0 Å². The normalized spacial score (nSPS) is 21.5. The Balaban J connectivity index is 1.68. The lowest BCUT2D eigenvalue weighted by atomic mass is 9.91. The van der Waals surface area contributed by atoms with E-state index in [1.54, 1.807) is 15.3 Å². The molecule has 0 aromatic carbocycles. The fourth-order valence-electron chi connectivity index (χ4n) is 3.39. The summed E-state index contributed by atoms with van der Waals surface area (Å²) in [5, 5.41) is 3.70. The monoisotopic (exact) mass is 279 g/mol. The van der Waals surface area contributed by atoms with Gasteiger partial charge in [-0.3, -0.25) is 0 Å². The average molecular weight is 279 g/mol. The van der Waals surface area contributed by atoms with Crippen LogP contribution in [0, 0.1) is 5.92 Å². The van der Waals surface area contributed by atoms with E-state index in [1.807, 2.05) is 0 Å². The first kappa shape index (κ1) is 13.6. The van der Waals surface area contributed by atoms with Crippen LogP contribution in [0.3, 0.4) is 0 Å². The number of rotatable bonds is 5. The molecule has 106 valence electrons. The first-order valence-electron chi connectivity index (χ1n) is 7.79. The van der Waals surface area contributed by atoms with Gasteiger partial charge in [0.15, 0.2) is 0 Å². The zero-order valence-electron chi connectivity index (χ0n) is 11.9. The van der Waals surface area contributed by atoms with E-state index in [0.29, 0.717) is 6.04 Å². The highest BCUT2D eigenvalue weighted by molar-refractivity contribution is 7.12. The molecule has 1 saturated heterocycles. The van der Waals surface area contributed by atoms with Crippen LogP contribution >= 0.6 is 11.3 Å². The number of ether oxygens (including phenoxy) is 1. The van der Waals surface area contributed by atoms with Crippen LogP contribution < -0.4 is 5.32 Å². The third-order valence-electron chi connectivity index (χ3n) is 4.47. The molecule has 3 heteroatoms. The van der Waals surface area contributed by atoms with Gasteiger partial charge in [0.25, 0.3) is 0 Å². The molecule has 1 unspecified atom stereocenters. The van der Waals surface area contributed by atoms with E-state index in [9.17, 15) is 0 Å². The van der Waals surface area contributed by atoms with Crippen LogP contribution in [-0.4, -0.2) is 19.8 Å². The molecule has 0 amide bonds. The van der Waals surface area contributed by atoms with Gasteiger partial charge >= 0.3 is 0 Å². The lowest BCUT2D eigenvalue weighted by Crippen LogP contribution is -2.25. The Morgan fingerprint density at radius 2 is 2.21 bits per heavy atom. The summed E-state index contributed by atoms with van der Waals surface area (Å²) in [6.07, 6.45) is 7.77. The van der Waals surface area contributed by atoms with Crippen molar-refractivity contribution in [2.45, 2.75) is 51.5 Å². The third-order valence-corrected chi connectivity index (χ3v) is 5.82. The van der Waals surface area contributed by atoms with E-state index >= 15 is 0 Å². The Hall–Kier alpha value is -0.380. The standard InChI is InChI=1S/C16H25NOS/c1-2-17-14(10-12-6-8-18-9-7-12)16-11-13-4-3-5-15(13)19-16/h11-12,14,17H,2-10H2,1H3. The SMILES string of the molecule is CCNC(CC1CCOCC1)c1cc2c(s1)CCC2. The molecule has 3 rings (SSSR count). The number of hydrogen-bond acceptors (Lipinski definition) is 3. The summed E-state index contributed by atoms with van der Waals surface area (Å²) in [5.74, 6) is 0.842. The smallest absolute Gasteiger partial charge is 0.0468 e. The van der Waals surface area contributed by atoms with Crippen molar-refractivity contribution in [3.05, 3.63) is 21.4 Å². The predicted molar refractivity (Wildman–Crippen MR) is 80.9 cm³/mol. The molecule has 1 aromatic rings. The van der Waals surface area contributed by atoms with Gasteiger partial charge in [-0.15, -0.1) is 11.3 Å². The molecule has 0 bridgehead atoms. The van der Waals surface area contributed by atoms with Crippen LogP contribution in [0.1, 0.15) is 54.0 Å². The molecule has 1 N–H and O–H groups in total. The van der Waals surface area contributed by atoms with Crippen molar-refractivity contribution in [1.82, 2.24) is 5.32 Å². The Kier molecular flexibility index (Phi) is 4.57. The summed E-state index contributed by atoms with van der Waals surface area (Å²) in [6, 6.07) is 3.06. The Morgan fingerprint density at radius 3 is 2.95 bits per heavy atom. The van der Waals surface area contributed by atoms with Crippen LogP contribution in [0.15, 0.2) is 6.07 Å². The van der Waals surface area contributed by atoms with Crippen molar-refractivity contribution < 1.29 is 4.74 Å². The fraction of sp³-hybridized carbons (Fsp3) is 0.750. The Morgan fingerprint density at radius 1 is 1.37 bits per heavy atom. The van der Waals surface area contributed by atoms with Crippen molar-refractivity contribution in [2.24, 2.45) is 5.92 Å². The number of fused-ring (bicyclic) bond motifs is 1. The lowest BCUT2D eigenvalue weighted by molar-refractivity contribution is 0.0607. The Labute approximate surface area is 120 Å². The van der Waals surface area contributed by atoms with Crippen LogP contribution in [0.2, 0.25) is 0 Å². The molecular weight excluding hydrogens is 254 g/mol. The maximum atomic E-state index is 5.48.